The van der Waals surface area contributed by atoms with E-state index in [4.69, 9.17) is 15.2 Å². The lowest BCUT2D eigenvalue weighted by Gasteiger charge is -2.18. The lowest BCUT2D eigenvalue weighted by atomic mass is 10.1. The highest BCUT2D eigenvalue weighted by atomic mass is 16.6. The minimum Gasteiger partial charge on any atom is -0.508 e. The van der Waals surface area contributed by atoms with Crippen molar-refractivity contribution in [3.8, 4) is 5.75 Å². The van der Waals surface area contributed by atoms with Crippen molar-refractivity contribution in [2.75, 3.05) is 13.7 Å². The zero-order chi connectivity index (χ0) is 13.1. The van der Waals surface area contributed by atoms with Gasteiger partial charge in [-0.05, 0) is 29.7 Å². The molecule has 0 saturated carbocycles. The number of phenols is 1. The number of nitrogens with two attached hydrogens (primary N) is 1. The molecule has 0 aliphatic heterocycles. The molecule has 5 nitrogen and oxygen atoms in total. The first-order chi connectivity index (χ1) is 8.61. The van der Waals surface area contributed by atoms with E-state index in [0.717, 1.165) is 17.5 Å². The van der Waals surface area contributed by atoms with Gasteiger partial charge in [0, 0.05) is 19.6 Å². The molecule has 1 aliphatic carbocycles. The van der Waals surface area contributed by atoms with Crippen molar-refractivity contribution in [2.45, 2.75) is 31.3 Å². The number of hydrogen-bond donors (Lipinski definition) is 3. The van der Waals surface area contributed by atoms with Crippen molar-refractivity contribution < 1.29 is 19.7 Å². The summed E-state index contributed by atoms with van der Waals surface area (Å²) in [6.45, 7) is 0.364. The minimum atomic E-state index is -0.814. The van der Waals surface area contributed by atoms with Crippen LogP contribution < -0.4 is 5.73 Å². The second kappa shape index (κ2) is 5.67. The third kappa shape index (κ3) is 2.81. The van der Waals surface area contributed by atoms with Gasteiger partial charge in [-0.1, -0.05) is 6.07 Å². The van der Waals surface area contributed by atoms with Crippen molar-refractivity contribution in [1.82, 2.24) is 0 Å². The van der Waals surface area contributed by atoms with E-state index in [-0.39, 0.29) is 17.9 Å². The van der Waals surface area contributed by atoms with Crippen LogP contribution in [0.1, 0.15) is 23.7 Å². The molecular formula is C13H19NO4. The highest BCUT2D eigenvalue weighted by Gasteiger charge is 2.30. The molecule has 0 spiro atoms. The van der Waals surface area contributed by atoms with Crippen molar-refractivity contribution in [3.63, 3.8) is 0 Å². The molecule has 0 saturated heterocycles. The molecule has 0 bridgehead atoms. The maximum atomic E-state index is 9.50. The van der Waals surface area contributed by atoms with Crippen LogP contribution in [0.25, 0.3) is 0 Å². The monoisotopic (exact) mass is 253 g/mol. The minimum absolute atomic E-state index is 0.110. The summed E-state index contributed by atoms with van der Waals surface area (Å²) in [6, 6.07) is 5.11. The van der Waals surface area contributed by atoms with Crippen LogP contribution in [0.15, 0.2) is 18.2 Å². The molecule has 5 heteroatoms. The molecular weight excluding hydrogens is 234 g/mol. The molecule has 1 aliphatic rings. The van der Waals surface area contributed by atoms with Crippen LogP contribution in [0, 0.1) is 0 Å². The van der Waals surface area contributed by atoms with E-state index >= 15 is 0 Å². The number of aliphatic hydroxyl groups is 1. The predicted octanol–water partition coefficient (Wildman–Crippen LogP) is 0.688. The van der Waals surface area contributed by atoms with Crippen LogP contribution >= 0.6 is 0 Å². The fourth-order valence-corrected chi connectivity index (χ4v) is 2.25. The first kappa shape index (κ1) is 13.3. The van der Waals surface area contributed by atoms with E-state index in [2.05, 4.69) is 0 Å². The number of aromatic hydroxyl groups is 1. The summed E-state index contributed by atoms with van der Waals surface area (Å²) in [5.41, 5.74) is 8.08. The number of phenolic OH excluding ortho intramolecular Hbond substituents is 1. The van der Waals surface area contributed by atoms with Gasteiger partial charge in [-0.25, -0.2) is 0 Å². The molecule has 3 unspecified atom stereocenters. The Kier molecular flexibility index (Phi) is 4.19. The summed E-state index contributed by atoms with van der Waals surface area (Å²) in [5.74, 6) is 0.216. The Hall–Kier alpha value is -1.14. The largest absolute Gasteiger partial charge is 0.508 e. The topological polar surface area (TPSA) is 84.9 Å². The van der Waals surface area contributed by atoms with E-state index in [1.165, 1.54) is 7.11 Å². The standard InChI is InChI=1S/C13H19NO4/c1-17-12(16)4-5-18-13-10-7-9(15)3-2-8(10)6-11(13)14/h2-3,7,11-13,15-16H,4-6,14H2,1H3. The zero-order valence-electron chi connectivity index (χ0n) is 10.4. The van der Waals surface area contributed by atoms with Gasteiger partial charge in [-0.15, -0.1) is 0 Å². The van der Waals surface area contributed by atoms with E-state index in [0.29, 0.717) is 13.0 Å². The summed E-state index contributed by atoms with van der Waals surface area (Å²) < 4.78 is 10.4. The van der Waals surface area contributed by atoms with Gasteiger partial charge in [0.05, 0.1) is 12.7 Å². The number of hydrogen-bond acceptors (Lipinski definition) is 5. The predicted molar refractivity (Wildman–Crippen MR) is 66.1 cm³/mol. The maximum absolute atomic E-state index is 9.50. The zero-order valence-corrected chi connectivity index (χ0v) is 10.4. The maximum Gasteiger partial charge on any atom is 0.156 e. The Labute approximate surface area is 106 Å². The van der Waals surface area contributed by atoms with Gasteiger partial charge in [0.2, 0.25) is 0 Å². The van der Waals surface area contributed by atoms with Crippen LogP contribution in [0.4, 0.5) is 0 Å². The molecule has 1 aromatic rings. The fraction of sp³-hybridized carbons (Fsp3) is 0.538. The highest BCUT2D eigenvalue weighted by Crippen LogP contribution is 2.35. The number of ether oxygens (including phenoxy) is 2. The second-order valence-corrected chi connectivity index (χ2v) is 4.52. The summed E-state index contributed by atoms with van der Waals surface area (Å²) in [4.78, 5) is 0. The molecule has 1 aromatic carbocycles. The fourth-order valence-electron chi connectivity index (χ4n) is 2.25. The highest BCUT2D eigenvalue weighted by molar-refractivity contribution is 5.41. The Morgan fingerprint density at radius 3 is 3.00 bits per heavy atom. The Morgan fingerprint density at radius 2 is 2.28 bits per heavy atom. The van der Waals surface area contributed by atoms with Gasteiger partial charge in [-0.2, -0.15) is 0 Å². The number of aliphatic hydroxyl groups excluding tert-OH is 1. The average molecular weight is 253 g/mol. The molecule has 0 amide bonds. The Bertz CT molecular complexity index is 410. The molecule has 18 heavy (non-hydrogen) atoms. The van der Waals surface area contributed by atoms with E-state index in [1.807, 2.05) is 6.07 Å². The molecule has 2 rings (SSSR count). The lowest BCUT2D eigenvalue weighted by molar-refractivity contribution is -0.0968. The number of fused-ring (bicyclic) bond motifs is 1. The summed E-state index contributed by atoms with van der Waals surface area (Å²) in [5, 5.41) is 18.8. The lowest BCUT2D eigenvalue weighted by Crippen LogP contribution is -2.27. The molecule has 0 radical (unpaired) electrons. The summed E-state index contributed by atoms with van der Waals surface area (Å²) in [6.07, 6.45) is 0.100. The van der Waals surface area contributed by atoms with Crippen LogP contribution in [-0.2, 0) is 15.9 Å². The van der Waals surface area contributed by atoms with Gasteiger partial charge in [0.15, 0.2) is 6.29 Å². The number of rotatable bonds is 5. The average Bonchev–Trinajstić information content (AvgIpc) is 2.65. The van der Waals surface area contributed by atoms with Crippen LogP contribution in [-0.4, -0.2) is 36.3 Å². The third-order valence-electron chi connectivity index (χ3n) is 3.21. The van der Waals surface area contributed by atoms with Gasteiger partial charge >= 0.3 is 0 Å². The molecule has 0 aromatic heterocycles. The van der Waals surface area contributed by atoms with E-state index in [9.17, 15) is 10.2 Å². The smallest absolute Gasteiger partial charge is 0.156 e. The first-order valence-corrected chi connectivity index (χ1v) is 6.01. The van der Waals surface area contributed by atoms with Crippen molar-refractivity contribution in [2.24, 2.45) is 5.73 Å². The molecule has 0 fully saturated rings. The number of methoxy groups -OCH3 is 1. The van der Waals surface area contributed by atoms with Crippen molar-refractivity contribution in [3.05, 3.63) is 29.3 Å². The van der Waals surface area contributed by atoms with Crippen LogP contribution in [0.5, 0.6) is 5.75 Å². The summed E-state index contributed by atoms with van der Waals surface area (Å²) in [7, 11) is 1.44. The first-order valence-electron chi connectivity index (χ1n) is 6.01. The van der Waals surface area contributed by atoms with Gasteiger partial charge in [-0.3, -0.25) is 0 Å². The normalized spacial score (nSPS) is 23.9. The van der Waals surface area contributed by atoms with Crippen molar-refractivity contribution in [1.29, 1.82) is 0 Å². The van der Waals surface area contributed by atoms with Gasteiger partial charge < -0.3 is 25.4 Å². The molecule has 4 N–H and O–H groups in total. The third-order valence-corrected chi connectivity index (χ3v) is 3.21. The molecule has 3 atom stereocenters. The van der Waals surface area contributed by atoms with Crippen molar-refractivity contribution >= 4 is 0 Å². The Balaban J connectivity index is 1.99. The van der Waals surface area contributed by atoms with Gasteiger partial charge in [0.1, 0.15) is 5.75 Å². The molecule has 0 heterocycles. The van der Waals surface area contributed by atoms with E-state index in [1.54, 1.807) is 12.1 Å². The second-order valence-electron chi connectivity index (χ2n) is 4.52. The summed E-state index contributed by atoms with van der Waals surface area (Å²) >= 11 is 0. The SMILES string of the molecule is COC(O)CCOC1c2cc(O)ccc2CC1N. The van der Waals surface area contributed by atoms with Crippen LogP contribution in [0.2, 0.25) is 0 Å². The van der Waals surface area contributed by atoms with Crippen LogP contribution in [0.3, 0.4) is 0 Å². The Morgan fingerprint density at radius 1 is 1.50 bits per heavy atom. The quantitative estimate of drug-likeness (QED) is 0.672. The molecule has 100 valence electrons. The van der Waals surface area contributed by atoms with E-state index < -0.39 is 6.29 Å². The number of benzene rings is 1. The van der Waals surface area contributed by atoms with Gasteiger partial charge in [0.25, 0.3) is 0 Å².